The van der Waals surface area contributed by atoms with Gasteiger partial charge in [0.05, 0.1) is 111 Å². The molecule has 0 amide bonds. The summed E-state index contributed by atoms with van der Waals surface area (Å²) in [6, 6.07) is 5.50. The second-order valence-corrected chi connectivity index (χ2v) is 31.7. The SMILES string of the molecule is C=C1O[C@H](c2ccoc2)C[C@]2(C)[C@H]3C(=O)C(OC(=O)c4cncs4)=C[C@@H](C(=O)OC)[C@]3(C)CC[C@@H]12.C=C1O[C@H](c2ccoc2)C[C@]2(C)[C@H]3C(=O)C(OC(=O)c4cocn4)=C[C@@H](C(=O)OC)[C@]3(C)CC[C@@H]12.C=C1O[C@H](c2ccoc2)C[C@]2(C)[C@H]3C(=O)C(OC(=O)c4cscn4)=C[C@@H](C(=O)OC)[C@]3(C)CC[C@@H]12. The van der Waals surface area contributed by atoms with Gasteiger partial charge in [0.2, 0.25) is 17.3 Å². The largest absolute Gasteiger partial charge is 0.490 e. The van der Waals surface area contributed by atoms with E-state index in [0.717, 1.165) is 40.7 Å². The van der Waals surface area contributed by atoms with Crippen molar-refractivity contribution in [2.45, 2.75) is 118 Å². The number of aromatic nitrogens is 3. The number of oxazole rings is 1. The molecular formula is C78H81N3O22S2. The number of methoxy groups -OCH3 is 3. The van der Waals surface area contributed by atoms with Crippen molar-refractivity contribution in [3.05, 3.63) is 197 Å². The fourth-order valence-electron chi connectivity index (χ4n) is 19.6. The van der Waals surface area contributed by atoms with Gasteiger partial charge in [-0.3, -0.25) is 33.8 Å². The molecule has 9 heterocycles. The zero-order valence-electron chi connectivity index (χ0n) is 59.4. The molecule has 0 spiro atoms. The number of ketones is 3. The second kappa shape index (κ2) is 28.1. The molecule has 9 aliphatic rings. The summed E-state index contributed by atoms with van der Waals surface area (Å²) in [5, 5.41) is 1.55. The summed E-state index contributed by atoms with van der Waals surface area (Å²) in [6.07, 6.45) is 21.9. The normalized spacial score (nSPS) is 34.2. The molecule has 15 rings (SSSR count). The van der Waals surface area contributed by atoms with Gasteiger partial charge in [-0.1, -0.05) is 61.3 Å². The highest BCUT2D eigenvalue weighted by Gasteiger charge is 2.69. The molecule has 0 bridgehead atoms. The Bertz CT molecular complexity index is 4050. The molecule has 6 aliphatic carbocycles. The van der Waals surface area contributed by atoms with E-state index in [0.29, 0.717) is 75.1 Å². The lowest BCUT2D eigenvalue weighted by Gasteiger charge is -2.60. The minimum absolute atomic E-state index is 0.0751. The van der Waals surface area contributed by atoms with Crippen molar-refractivity contribution in [2.24, 2.45) is 85.8 Å². The van der Waals surface area contributed by atoms with Crippen molar-refractivity contribution in [3.63, 3.8) is 0 Å². The lowest BCUT2D eigenvalue weighted by atomic mass is 9.44. The number of esters is 6. The van der Waals surface area contributed by atoms with Gasteiger partial charge in [-0.15, -0.1) is 22.7 Å². The van der Waals surface area contributed by atoms with Crippen LogP contribution in [-0.2, 0) is 71.4 Å². The van der Waals surface area contributed by atoms with Crippen molar-refractivity contribution in [1.29, 1.82) is 0 Å². The van der Waals surface area contributed by atoms with E-state index in [4.69, 9.17) is 60.3 Å². The number of Topliss-reactive ketones (excluding diaryl/α,β-unsaturated/α-hetero) is 3. The van der Waals surface area contributed by atoms with Crippen molar-refractivity contribution in [1.82, 2.24) is 15.0 Å². The molecule has 0 aromatic carbocycles. The van der Waals surface area contributed by atoms with Crippen LogP contribution in [0.4, 0.5) is 0 Å². The van der Waals surface area contributed by atoms with Crippen LogP contribution in [-0.4, -0.2) is 89.4 Å². The third kappa shape index (κ3) is 12.6. The number of nitrogens with zero attached hydrogens (tertiary/aromatic N) is 3. The fourth-order valence-corrected chi connectivity index (χ4v) is 20.6. The van der Waals surface area contributed by atoms with Crippen LogP contribution in [0.15, 0.2) is 181 Å². The van der Waals surface area contributed by atoms with E-state index < -0.39 is 104 Å². The maximum atomic E-state index is 14.1. The Kier molecular flexibility index (Phi) is 19.6. The number of carbonyl (C=O) groups is 9. The summed E-state index contributed by atoms with van der Waals surface area (Å²) in [5.41, 5.74) is 1.56. The topological polar surface area (TPSA) is 328 Å². The van der Waals surface area contributed by atoms with E-state index in [2.05, 4.69) is 48.5 Å². The molecule has 105 heavy (non-hydrogen) atoms. The van der Waals surface area contributed by atoms with Crippen LogP contribution >= 0.6 is 22.7 Å². The number of ether oxygens (including phenoxy) is 9. The predicted octanol–water partition coefficient (Wildman–Crippen LogP) is 14.1. The number of thiazole rings is 2. The van der Waals surface area contributed by atoms with Crippen molar-refractivity contribution in [2.75, 3.05) is 21.3 Å². The Morgan fingerprint density at radius 3 is 1.15 bits per heavy atom. The average Bonchev–Trinajstić information content (AvgIpc) is 1.21. The Hall–Kier alpha value is -10.0. The standard InChI is InChI=1S/C26H27NO8.2C26H27NO7S/c1-14-16-5-7-25(2)17(23(29)31-4)9-19(35-24(30)18-12-33-13-27-18)21(28)22(25)26(16,3)10-20(34-14)15-6-8-32-11-15;1-14-16-5-7-25(2)17(23(29)31-4)9-18(34-24(30)20-11-27-13-35-20)21(28)22(25)26(16,3)10-19(33-14)15-6-8-32-12-15;1-14-16-5-7-25(2)17(23(29)31-4)9-19(34-24(30)18-12-35-13-27-18)21(28)22(25)26(16,3)10-20(33-14)15-6-8-32-11-15/h6,8-9,11-13,16-17,20,22H,1,5,7,10H2,2-4H3;6,8-9,11-13,16-17,19,22H,1,5,7,10H2,2-4H3;6,8-9,11-13,16-17,20,22H,1,5,7,10H2,2-4H3/t16-,17-,20-,22-,25-,26-;16-,17-,19-,22-,25-,26-;16-,17-,20-,22-,25-,26-/m000/s1. The minimum Gasteiger partial charge on any atom is -0.490 e. The molecule has 6 fully saturated rings. The van der Waals surface area contributed by atoms with Crippen molar-refractivity contribution >= 4 is 75.8 Å². The van der Waals surface area contributed by atoms with E-state index in [1.165, 1.54) is 68.1 Å². The highest BCUT2D eigenvalue weighted by molar-refractivity contribution is 7.11. The first-order valence-electron chi connectivity index (χ1n) is 34.5. The van der Waals surface area contributed by atoms with E-state index in [9.17, 15) is 43.2 Å². The average molecular weight is 1480 g/mol. The first-order chi connectivity index (χ1) is 50.1. The van der Waals surface area contributed by atoms with E-state index >= 15 is 0 Å². The fraction of sp³-hybridized carbons (Fsp3) is 0.462. The minimum atomic E-state index is -0.837. The Morgan fingerprint density at radius 2 is 0.848 bits per heavy atom. The summed E-state index contributed by atoms with van der Waals surface area (Å²) < 4.78 is 71.2. The van der Waals surface area contributed by atoms with Gasteiger partial charge in [0.25, 0.3) is 0 Å². The maximum Gasteiger partial charge on any atom is 0.365 e. The number of furan rings is 3. The highest BCUT2D eigenvalue weighted by atomic mass is 32.1. The van der Waals surface area contributed by atoms with E-state index in [-0.39, 0.29) is 87.0 Å². The van der Waals surface area contributed by atoms with Crippen LogP contribution in [0.5, 0.6) is 0 Å². The summed E-state index contributed by atoms with van der Waals surface area (Å²) in [6.45, 7) is 24.6. The molecule has 27 heteroatoms. The van der Waals surface area contributed by atoms with Crippen molar-refractivity contribution < 1.29 is 103 Å². The lowest BCUT2D eigenvalue weighted by Crippen LogP contribution is -2.60. The van der Waals surface area contributed by atoms with Crippen LogP contribution in [0.2, 0.25) is 0 Å². The molecule has 6 aromatic heterocycles. The number of hydrogen-bond donors (Lipinski definition) is 0. The zero-order valence-corrected chi connectivity index (χ0v) is 61.1. The predicted molar refractivity (Wildman–Crippen MR) is 369 cm³/mol. The van der Waals surface area contributed by atoms with Gasteiger partial charge >= 0.3 is 35.8 Å². The molecule has 18 atom stereocenters. The second-order valence-electron chi connectivity index (χ2n) is 30.1. The molecular weight excluding hydrogens is 1390 g/mol. The summed E-state index contributed by atoms with van der Waals surface area (Å²) in [4.78, 5) is 131. The van der Waals surface area contributed by atoms with Gasteiger partial charge in [-0.2, -0.15) is 0 Å². The van der Waals surface area contributed by atoms with E-state index in [1.54, 1.807) is 43.0 Å². The van der Waals surface area contributed by atoms with Crippen LogP contribution in [0.25, 0.3) is 0 Å². The molecule has 6 aromatic rings. The molecule has 3 saturated heterocycles. The Balaban J connectivity index is 0.000000140. The Labute approximate surface area is 612 Å². The molecule has 0 radical (unpaired) electrons. The van der Waals surface area contributed by atoms with Gasteiger partial charge in [0, 0.05) is 57.6 Å². The van der Waals surface area contributed by atoms with Gasteiger partial charge in [0.15, 0.2) is 35.1 Å². The number of fused-ring (bicyclic) bond motifs is 9. The monoisotopic (exact) mass is 1480 g/mol. The first kappa shape index (κ1) is 73.3. The summed E-state index contributed by atoms with van der Waals surface area (Å²) in [7, 11) is 3.96. The van der Waals surface area contributed by atoms with Gasteiger partial charge < -0.3 is 60.3 Å². The molecule has 0 unspecified atom stereocenters. The molecule has 0 N–H and O–H groups in total. The summed E-state index contributed by atoms with van der Waals surface area (Å²) in [5.74, 6) is -7.71. The number of allylic oxidation sites excluding steroid dienone is 6. The first-order valence-corrected chi connectivity index (χ1v) is 36.3. The summed E-state index contributed by atoms with van der Waals surface area (Å²) >= 11 is 2.37. The van der Waals surface area contributed by atoms with Crippen LogP contribution in [0.3, 0.4) is 0 Å². The smallest absolute Gasteiger partial charge is 0.365 e. The zero-order chi connectivity index (χ0) is 74.9. The van der Waals surface area contributed by atoms with Crippen LogP contribution in [0, 0.1) is 85.8 Å². The van der Waals surface area contributed by atoms with E-state index in [1.807, 2.05) is 45.9 Å². The van der Waals surface area contributed by atoms with Crippen LogP contribution < -0.4 is 0 Å². The number of carbonyl (C=O) groups excluding carboxylic acids is 9. The maximum absolute atomic E-state index is 14.1. The third-order valence-corrected chi connectivity index (χ3v) is 25.8. The van der Waals surface area contributed by atoms with Crippen molar-refractivity contribution in [3.8, 4) is 0 Å². The van der Waals surface area contributed by atoms with Crippen LogP contribution in [0.1, 0.15) is 165 Å². The molecule has 3 saturated carbocycles. The third-order valence-electron chi connectivity index (χ3n) is 24.4. The lowest BCUT2D eigenvalue weighted by molar-refractivity contribution is -0.176. The highest BCUT2D eigenvalue weighted by Crippen LogP contribution is 2.70. The quantitative estimate of drug-likeness (QED) is 0.0811. The number of hydrogen-bond acceptors (Lipinski definition) is 27. The van der Waals surface area contributed by atoms with Gasteiger partial charge in [-0.05, 0) is 127 Å². The van der Waals surface area contributed by atoms with Gasteiger partial charge in [-0.25, -0.2) is 24.4 Å². The molecule has 3 aliphatic heterocycles. The molecule has 25 nitrogen and oxygen atoms in total. The molecule has 552 valence electrons. The van der Waals surface area contributed by atoms with Gasteiger partial charge in [0.1, 0.15) is 29.5 Å². The number of rotatable bonds is 12. The Morgan fingerprint density at radius 1 is 0.476 bits per heavy atom.